The molecule has 3 nitrogen and oxygen atoms in total. The number of anilines is 1. The van der Waals surface area contributed by atoms with E-state index < -0.39 is 6.10 Å². The van der Waals surface area contributed by atoms with E-state index in [0.717, 1.165) is 15.7 Å². The molecule has 0 aliphatic heterocycles. The third-order valence-corrected chi connectivity index (χ3v) is 3.54. The second-order valence-corrected chi connectivity index (χ2v) is 5.43. The Labute approximate surface area is 117 Å². The van der Waals surface area contributed by atoms with Gasteiger partial charge in [-0.15, -0.1) is 0 Å². The van der Waals surface area contributed by atoms with Gasteiger partial charge in [-0.05, 0) is 38.5 Å². The minimum Gasteiger partial charge on any atom is -0.389 e. The molecule has 0 bridgehead atoms. The van der Waals surface area contributed by atoms with E-state index >= 15 is 0 Å². The van der Waals surface area contributed by atoms with Crippen molar-refractivity contribution in [3.63, 3.8) is 0 Å². The maximum Gasteiger partial charge on any atom is 0.0772 e. The second-order valence-electron chi connectivity index (χ2n) is 4.58. The summed E-state index contributed by atoms with van der Waals surface area (Å²) in [6, 6.07) is 8.42. The van der Waals surface area contributed by atoms with Gasteiger partial charge in [0.15, 0.2) is 0 Å². The van der Waals surface area contributed by atoms with Gasteiger partial charge in [0.1, 0.15) is 0 Å². The monoisotopic (exact) mass is 310 g/mol. The van der Waals surface area contributed by atoms with Gasteiger partial charge in [-0.25, -0.2) is 0 Å². The number of hydrogen-bond donors (Lipinski definition) is 1. The molecule has 1 aromatic rings. The van der Waals surface area contributed by atoms with Gasteiger partial charge in [0, 0.05) is 22.7 Å². The Morgan fingerprint density at radius 1 is 1.39 bits per heavy atom. The van der Waals surface area contributed by atoms with Crippen molar-refractivity contribution >= 4 is 21.6 Å². The molecule has 1 aromatic carbocycles. The van der Waals surface area contributed by atoms with Gasteiger partial charge in [0.05, 0.1) is 18.6 Å². The van der Waals surface area contributed by atoms with Crippen LogP contribution in [0.1, 0.15) is 38.9 Å². The molecule has 98 valence electrons. The number of aliphatic hydroxyl groups is 1. The predicted molar refractivity (Wildman–Crippen MR) is 77.5 cm³/mol. The van der Waals surface area contributed by atoms with E-state index in [1.807, 2.05) is 18.2 Å². The first-order valence-corrected chi connectivity index (χ1v) is 6.87. The van der Waals surface area contributed by atoms with E-state index in [2.05, 4.69) is 40.7 Å². The summed E-state index contributed by atoms with van der Waals surface area (Å²) in [5, 5.41) is 18.3. The fourth-order valence-corrected chi connectivity index (χ4v) is 2.59. The molecular formula is C14H19BrN2O. The van der Waals surface area contributed by atoms with Gasteiger partial charge in [-0.2, -0.15) is 5.26 Å². The van der Waals surface area contributed by atoms with Crippen molar-refractivity contribution in [1.82, 2.24) is 0 Å². The average molecular weight is 311 g/mol. The first-order valence-electron chi connectivity index (χ1n) is 6.08. The van der Waals surface area contributed by atoms with Crippen LogP contribution in [0.15, 0.2) is 22.7 Å². The molecule has 0 saturated carbocycles. The molecule has 1 atom stereocenters. The van der Waals surface area contributed by atoms with Gasteiger partial charge in [0.2, 0.25) is 0 Å². The van der Waals surface area contributed by atoms with Crippen LogP contribution in [0, 0.1) is 11.3 Å². The van der Waals surface area contributed by atoms with Gasteiger partial charge < -0.3 is 10.0 Å². The third-order valence-electron chi connectivity index (χ3n) is 2.85. The first-order chi connectivity index (χ1) is 8.47. The van der Waals surface area contributed by atoms with Crippen molar-refractivity contribution in [2.24, 2.45) is 0 Å². The van der Waals surface area contributed by atoms with Gasteiger partial charge in [-0.3, -0.25) is 0 Å². The van der Waals surface area contributed by atoms with Crippen LogP contribution >= 0.6 is 15.9 Å². The summed E-state index contributed by atoms with van der Waals surface area (Å²) in [5.41, 5.74) is 1.94. The Hall–Kier alpha value is -1.05. The zero-order valence-electron chi connectivity index (χ0n) is 11.0. The van der Waals surface area contributed by atoms with E-state index in [0.29, 0.717) is 19.0 Å². The lowest BCUT2D eigenvalue weighted by atomic mass is 10.1. The van der Waals surface area contributed by atoms with Crippen LogP contribution in [0.2, 0.25) is 0 Å². The maximum absolute atomic E-state index is 9.60. The van der Waals surface area contributed by atoms with Crippen molar-refractivity contribution < 1.29 is 5.11 Å². The number of nitriles is 1. The summed E-state index contributed by atoms with van der Waals surface area (Å²) in [5.74, 6) is 0. The average Bonchev–Trinajstić information content (AvgIpc) is 2.28. The van der Waals surface area contributed by atoms with E-state index in [1.54, 1.807) is 6.92 Å². The number of nitrogens with zero attached hydrogens (tertiary/aromatic N) is 2. The zero-order chi connectivity index (χ0) is 13.7. The van der Waals surface area contributed by atoms with Crippen molar-refractivity contribution in [3.05, 3.63) is 28.2 Å². The molecule has 18 heavy (non-hydrogen) atoms. The van der Waals surface area contributed by atoms with Crippen molar-refractivity contribution in [2.45, 2.75) is 39.3 Å². The molecule has 0 fully saturated rings. The molecule has 0 heterocycles. The topological polar surface area (TPSA) is 47.3 Å². The van der Waals surface area contributed by atoms with Gasteiger partial charge >= 0.3 is 0 Å². The molecular weight excluding hydrogens is 292 g/mol. The second kappa shape index (κ2) is 6.77. The fraction of sp³-hybridized carbons (Fsp3) is 0.500. The quantitative estimate of drug-likeness (QED) is 0.903. The highest BCUT2D eigenvalue weighted by Crippen LogP contribution is 2.29. The Balaban J connectivity index is 3.00. The number of rotatable bonds is 5. The third kappa shape index (κ3) is 3.72. The van der Waals surface area contributed by atoms with Crippen LogP contribution in [-0.2, 0) is 0 Å². The van der Waals surface area contributed by atoms with Crippen molar-refractivity contribution in [3.8, 4) is 6.07 Å². The smallest absolute Gasteiger partial charge is 0.0772 e. The lowest BCUT2D eigenvalue weighted by molar-refractivity contribution is 0.198. The lowest BCUT2D eigenvalue weighted by Gasteiger charge is -2.28. The summed E-state index contributed by atoms with van der Waals surface area (Å²) in [6.07, 6.45) is 0.0218. The standard InChI is InChI=1S/C14H19BrN2O/c1-10(2)17(8-4-7-16)12-5-6-13(11(3)18)14(15)9-12/h5-6,9-11,18H,4,8H2,1-3H3/t11-/m1/s1. The maximum atomic E-state index is 9.60. The van der Waals surface area contributed by atoms with Gasteiger partial charge in [-0.1, -0.05) is 22.0 Å². The Kier molecular flexibility index (Phi) is 5.64. The Morgan fingerprint density at radius 3 is 2.50 bits per heavy atom. The largest absolute Gasteiger partial charge is 0.389 e. The normalized spacial score (nSPS) is 12.3. The van der Waals surface area contributed by atoms with Crippen LogP contribution in [-0.4, -0.2) is 17.7 Å². The molecule has 0 radical (unpaired) electrons. The number of benzene rings is 1. The summed E-state index contributed by atoms with van der Waals surface area (Å²) < 4.78 is 0.901. The molecule has 0 aliphatic carbocycles. The SMILES string of the molecule is CC(C)N(CCC#N)c1ccc([C@@H](C)O)c(Br)c1. The molecule has 0 amide bonds. The van der Waals surface area contributed by atoms with E-state index in [4.69, 9.17) is 5.26 Å². The highest BCUT2D eigenvalue weighted by molar-refractivity contribution is 9.10. The van der Waals surface area contributed by atoms with Crippen LogP contribution < -0.4 is 4.90 Å². The molecule has 1 rings (SSSR count). The summed E-state index contributed by atoms with van der Waals surface area (Å²) in [4.78, 5) is 2.18. The summed E-state index contributed by atoms with van der Waals surface area (Å²) >= 11 is 3.48. The van der Waals surface area contributed by atoms with Crippen LogP contribution in [0.4, 0.5) is 5.69 Å². The number of hydrogen-bond acceptors (Lipinski definition) is 3. The first kappa shape index (κ1) is 15.0. The highest BCUT2D eigenvalue weighted by atomic mass is 79.9. The molecule has 0 aliphatic rings. The number of halogens is 1. The van der Waals surface area contributed by atoms with Crippen LogP contribution in [0.25, 0.3) is 0 Å². The predicted octanol–water partition coefficient (Wildman–Crippen LogP) is 3.63. The molecule has 0 spiro atoms. The molecule has 0 saturated heterocycles. The Morgan fingerprint density at radius 2 is 2.06 bits per heavy atom. The number of aliphatic hydroxyl groups excluding tert-OH is 1. The van der Waals surface area contributed by atoms with Crippen LogP contribution in [0.3, 0.4) is 0 Å². The molecule has 0 aromatic heterocycles. The highest BCUT2D eigenvalue weighted by Gasteiger charge is 2.13. The van der Waals surface area contributed by atoms with E-state index in [-0.39, 0.29) is 0 Å². The lowest BCUT2D eigenvalue weighted by Crippen LogP contribution is -2.31. The molecule has 0 unspecified atom stereocenters. The van der Waals surface area contributed by atoms with Gasteiger partial charge in [0.25, 0.3) is 0 Å². The minimum atomic E-state index is -0.486. The van der Waals surface area contributed by atoms with E-state index in [1.165, 1.54) is 0 Å². The summed E-state index contributed by atoms with van der Waals surface area (Å²) in [7, 11) is 0. The van der Waals surface area contributed by atoms with Crippen molar-refractivity contribution in [2.75, 3.05) is 11.4 Å². The minimum absolute atomic E-state index is 0.336. The van der Waals surface area contributed by atoms with Crippen LogP contribution in [0.5, 0.6) is 0 Å². The molecule has 4 heteroatoms. The molecule has 1 N–H and O–H groups in total. The van der Waals surface area contributed by atoms with E-state index in [9.17, 15) is 5.11 Å². The Bertz CT molecular complexity index is 438. The fourth-order valence-electron chi connectivity index (χ4n) is 1.89. The summed E-state index contributed by atoms with van der Waals surface area (Å²) in [6.45, 7) is 6.67. The van der Waals surface area contributed by atoms with Crippen molar-refractivity contribution in [1.29, 1.82) is 5.26 Å². The zero-order valence-corrected chi connectivity index (χ0v) is 12.6.